The molecule has 2 bridgehead atoms. The number of amides is 1. The van der Waals surface area contributed by atoms with E-state index in [1.54, 1.807) is 7.11 Å². The molecule has 0 aromatic heterocycles. The minimum absolute atomic E-state index is 0.235. The largest absolute Gasteiger partial charge is 0.454 e. The molecule has 140 valence electrons. The van der Waals surface area contributed by atoms with Gasteiger partial charge in [-0.05, 0) is 49.5 Å². The molecule has 3 atom stereocenters. The zero-order valence-electron chi connectivity index (χ0n) is 15.2. The predicted octanol–water partition coefficient (Wildman–Crippen LogP) is 1.84. The monoisotopic (exact) mass is 358 g/mol. The summed E-state index contributed by atoms with van der Waals surface area (Å²) in [6, 6.07) is 7.06. The molecule has 4 fully saturated rings. The summed E-state index contributed by atoms with van der Waals surface area (Å²) in [5.74, 6) is 2.86. The highest BCUT2D eigenvalue weighted by Crippen LogP contribution is 2.48. The number of ether oxygens (including phenoxy) is 3. The van der Waals surface area contributed by atoms with Crippen LogP contribution in [0.5, 0.6) is 11.5 Å². The summed E-state index contributed by atoms with van der Waals surface area (Å²) in [6.45, 7) is 3.91. The van der Waals surface area contributed by atoms with Crippen LogP contribution in [0.25, 0.3) is 0 Å². The van der Waals surface area contributed by atoms with E-state index in [4.69, 9.17) is 14.2 Å². The van der Waals surface area contributed by atoms with Crippen molar-refractivity contribution < 1.29 is 19.0 Å². The molecule has 6 nitrogen and oxygen atoms in total. The zero-order valence-corrected chi connectivity index (χ0v) is 15.2. The van der Waals surface area contributed by atoms with Gasteiger partial charge in [0.25, 0.3) is 0 Å². The third-order valence-corrected chi connectivity index (χ3v) is 6.66. The quantitative estimate of drug-likeness (QED) is 0.822. The van der Waals surface area contributed by atoms with E-state index in [1.807, 2.05) is 6.07 Å². The van der Waals surface area contributed by atoms with Gasteiger partial charge in [-0.15, -0.1) is 0 Å². The third kappa shape index (κ3) is 2.50. The van der Waals surface area contributed by atoms with Crippen molar-refractivity contribution in [3.05, 3.63) is 23.8 Å². The number of likely N-dealkylation sites (tertiary alicyclic amines) is 1. The highest BCUT2D eigenvalue weighted by Gasteiger charge is 2.54. The summed E-state index contributed by atoms with van der Waals surface area (Å²) in [7, 11) is 1.66. The molecule has 0 unspecified atom stereocenters. The Hall–Kier alpha value is -1.79. The second-order valence-electron chi connectivity index (χ2n) is 7.86. The number of rotatable bonds is 4. The smallest absolute Gasteiger partial charge is 0.231 e. The lowest BCUT2D eigenvalue weighted by molar-refractivity contribution is -0.136. The molecule has 4 saturated heterocycles. The summed E-state index contributed by atoms with van der Waals surface area (Å²) < 4.78 is 16.2. The molecule has 6 rings (SSSR count). The Balaban J connectivity index is 1.47. The molecule has 1 aromatic carbocycles. The van der Waals surface area contributed by atoms with Crippen molar-refractivity contribution in [3.8, 4) is 11.5 Å². The molecule has 5 aliphatic rings. The molecule has 1 aromatic rings. The second-order valence-corrected chi connectivity index (χ2v) is 7.86. The fraction of sp³-hybridized carbons (Fsp3) is 0.650. The summed E-state index contributed by atoms with van der Waals surface area (Å²) in [4.78, 5) is 17.7. The number of fused-ring (bicyclic) bond motifs is 3. The SMILES string of the molecule is COCCC(=O)N1C[C@H](c2ccc3c(c2)OCO3)[C@H]2[C@@H]1C1CCN2CC1. The Labute approximate surface area is 154 Å². The van der Waals surface area contributed by atoms with Crippen LogP contribution in [0.2, 0.25) is 0 Å². The average Bonchev–Trinajstić information content (AvgIpc) is 3.32. The van der Waals surface area contributed by atoms with E-state index >= 15 is 0 Å². The van der Waals surface area contributed by atoms with Crippen molar-refractivity contribution in [2.45, 2.75) is 37.3 Å². The molecule has 5 aliphatic heterocycles. The molecular weight excluding hydrogens is 332 g/mol. The topological polar surface area (TPSA) is 51.2 Å². The van der Waals surface area contributed by atoms with Crippen LogP contribution in [-0.4, -0.2) is 67.9 Å². The van der Waals surface area contributed by atoms with Gasteiger partial charge < -0.3 is 19.1 Å². The molecule has 0 radical (unpaired) electrons. The number of methoxy groups -OCH3 is 1. The molecule has 5 heterocycles. The predicted molar refractivity (Wildman–Crippen MR) is 95.4 cm³/mol. The van der Waals surface area contributed by atoms with Gasteiger partial charge in [0, 0.05) is 25.6 Å². The number of carbonyl (C=O) groups excluding carboxylic acids is 1. The normalized spacial score (nSPS) is 34.2. The van der Waals surface area contributed by atoms with Crippen LogP contribution >= 0.6 is 0 Å². The van der Waals surface area contributed by atoms with Gasteiger partial charge in [0.2, 0.25) is 12.7 Å². The summed E-state index contributed by atoms with van der Waals surface area (Å²) in [5, 5.41) is 0. The maximum Gasteiger partial charge on any atom is 0.231 e. The van der Waals surface area contributed by atoms with Crippen molar-refractivity contribution >= 4 is 5.91 Å². The van der Waals surface area contributed by atoms with Crippen LogP contribution in [0, 0.1) is 5.92 Å². The fourth-order valence-corrected chi connectivity index (χ4v) is 5.47. The lowest BCUT2D eigenvalue weighted by Crippen LogP contribution is -2.60. The van der Waals surface area contributed by atoms with Gasteiger partial charge in [0.15, 0.2) is 11.5 Å². The van der Waals surface area contributed by atoms with Gasteiger partial charge in [0.1, 0.15) is 0 Å². The number of piperidine rings is 3. The second kappa shape index (κ2) is 6.43. The zero-order chi connectivity index (χ0) is 17.7. The van der Waals surface area contributed by atoms with Gasteiger partial charge in [-0.3, -0.25) is 9.69 Å². The van der Waals surface area contributed by atoms with Crippen molar-refractivity contribution in [2.24, 2.45) is 5.92 Å². The van der Waals surface area contributed by atoms with E-state index in [0.717, 1.165) is 31.1 Å². The van der Waals surface area contributed by atoms with Crippen LogP contribution < -0.4 is 9.47 Å². The molecule has 0 saturated carbocycles. The Morgan fingerprint density at radius 3 is 2.81 bits per heavy atom. The van der Waals surface area contributed by atoms with Crippen LogP contribution in [0.15, 0.2) is 18.2 Å². The van der Waals surface area contributed by atoms with Crippen molar-refractivity contribution in [3.63, 3.8) is 0 Å². The minimum Gasteiger partial charge on any atom is -0.454 e. The lowest BCUT2D eigenvalue weighted by Gasteiger charge is -2.51. The standard InChI is InChI=1S/C20H26N2O4/c1-24-9-6-18(23)22-11-15(14-2-3-16-17(10-14)26-12-25-16)20-19(22)13-4-7-21(20)8-5-13/h2-3,10,13,15,19-20H,4-9,11-12H2,1H3/t15-,19+,20+/m1/s1. The highest BCUT2D eigenvalue weighted by atomic mass is 16.7. The van der Waals surface area contributed by atoms with E-state index in [-0.39, 0.29) is 5.91 Å². The Bertz CT molecular complexity index is 701. The molecule has 0 spiro atoms. The van der Waals surface area contributed by atoms with Crippen LogP contribution in [0.4, 0.5) is 0 Å². The maximum atomic E-state index is 12.9. The van der Waals surface area contributed by atoms with E-state index in [0.29, 0.717) is 43.7 Å². The van der Waals surface area contributed by atoms with Gasteiger partial charge in [0.05, 0.1) is 19.1 Å². The number of hydrogen-bond acceptors (Lipinski definition) is 5. The maximum absolute atomic E-state index is 12.9. The first-order chi connectivity index (χ1) is 12.8. The first-order valence-corrected chi connectivity index (χ1v) is 9.68. The molecule has 26 heavy (non-hydrogen) atoms. The van der Waals surface area contributed by atoms with Crippen molar-refractivity contribution in [1.82, 2.24) is 9.80 Å². The molecule has 0 aliphatic carbocycles. The molecule has 0 N–H and O–H groups in total. The molecular formula is C20H26N2O4. The number of hydrogen-bond donors (Lipinski definition) is 0. The average molecular weight is 358 g/mol. The van der Waals surface area contributed by atoms with Gasteiger partial charge in [-0.25, -0.2) is 0 Å². The van der Waals surface area contributed by atoms with Crippen LogP contribution in [-0.2, 0) is 9.53 Å². The van der Waals surface area contributed by atoms with Crippen LogP contribution in [0.3, 0.4) is 0 Å². The van der Waals surface area contributed by atoms with Gasteiger partial charge in [-0.1, -0.05) is 6.07 Å². The fourth-order valence-electron chi connectivity index (χ4n) is 5.47. The Morgan fingerprint density at radius 1 is 1.19 bits per heavy atom. The molecule has 1 amide bonds. The first-order valence-electron chi connectivity index (χ1n) is 9.68. The van der Waals surface area contributed by atoms with Crippen molar-refractivity contribution in [2.75, 3.05) is 40.1 Å². The van der Waals surface area contributed by atoms with E-state index in [9.17, 15) is 4.79 Å². The number of benzene rings is 1. The van der Waals surface area contributed by atoms with Gasteiger partial charge >= 0.3 is 0 Å². The van der Waals surface area contributed by atoms with E-state index in [2.05, 4.69) is 21.9 Å². The van der Waals surface area contributed by atoms with Crippen molar-refractivity contribution in [1.29, 1.82) is 0 Å². The Morgan fingerprint density at radius 2 is 2.00 bits per heavy atom. The third-order valence-electron chi connectivity index (χ3n) is 6.66. The summed E-state index contributed by atoms with van der Waals surface area (Å²) in [6.07, 6.45) is 2.90. The first kappa shape index (κ1) is 16.4. The van der Waals surface area contributed by atoms with E-state index in [1.165, 1.54) is 18.4 Å². The number of carbonyl (C=O) groups is 1. The van der Waals surface area contributed by atoms with Gasteiger partial charge in [-0.2, -0.15) is 0 Å². The summed E-state index contributed by atoms with van der Waals surface area (Å²) in [5.41, 5.74) is 1.26. The number of nitrogens with zero attached hydrogens (tertiary/aromatic N) is 2. The van der Waals surface area contributed by atoms with Crippen LogP contribution in [0.1, 0.15) is 30.7 Å². The lowest BCUT2D eigenvalue weighted by atomic mass is 9.75. The Kier molecular flexibility index (Phi) is 4.05. The summed E-state index contributed by atoms with van der Waals surface area (Å²) >= 11 is 0. The highest BCUT2D eigenvalue weighted by molar-refractivity contribution is 5.77. The minimum atomic E-state index is 0.235. The van der Waals surface area contributed by atoms with E-state index < -0.39 is 0 Å². The molecule has 6 heteroatoms.